The van der Waals surface area contributed by atoms with E-state index in [4.69, 9.17) is 16.3 Å². The molecular weight excluding hydrogens is 296 g/mol. The molecule has 0 amide bonds. The first-order valence-corrected chi connectivity index (χ1v) is 7.04. The predicted molar refractivity (Wildman–Crippen MR) is 79.5 cm³/mol. The van der Waals surface area contributed by atoms with E-state index < -0.39 is 11.6 Å². The second-order valence-corrected chi connectivity index (χ2v) is 4.98. The average molecular weight is 312 g/mol. The first-order chi connectivity index (χ1) is 10.1. The lowest BCUT2D eigenvalue weighted by Gasteiger charge is -2.10. The lowest BCUT2D eigenvalue weighted by Crippen LogP contribution is -2.11. The van der Waals surface area contributed by atoms with Crippen molar-refractivity contribution in [3.05, 3.63) is 64.2 Å². The Morgan fingerprint density at radius 3 is 2.62 bits per heavy atom. The Labute approximate surface area is 127 Å². The van der Waals surface area contributed by atoms with Crippen LogP contribution in [0.5, 0.6) is 5.75 Å². The minimum Gasteiger partial charge on any atom is -0.486 e. The van der Waals surface area contributed by atoms with Gasteiger partial charge < -0.3 is 10.1 Å². The van der Waals surface area contributed by atoms with Crippen molar-refractivity contribution in [2.24, 2.45) is 0 Å². The summed E-state index contributed by atoms with van der Waals surface area (Å²) in [6, 6.07) is 8.84. The van der Waals surface area contributed by atoms with Crippen molar-refractivity contribution in [3.63, 3.8) is 0 Å². The molecule has 0 fully saturated rings. The van der Waals surface area contributed by atoms with Gasteiger partial charge in [0.05, 0.1) is 5.02 Å². The zero-order valence-corrected chi connectivity index (χ0v) is 12.4. The molecule has 0 atom stereocenters. The lowest BCUT2D eigenvalue weighted by molar-refractivity contribution is 0.290. The van der Waals surface area contributed by atoms with Crippen LogP contribution in [0.3, 0.4) is 0 Å². The van der Waals surface area contributed by atoms with Crippen molar-refractivity contribution in [2.75, 3.05) is 6.54 Å². The Morgan fingerprint density at radius 2 is 1.95 bits per heavy atom. The van der Waals surface area contributed by atoms with Gasteiger partial charge in [0.1, 0.15) is 12.4 Å². The molecule has 2 aromatic carbocycles. The van der Waals surface area contributed by atoms with Gasteiger partial charge >= 0.3 is 0 Å². The number of ether oxygens (including phenoxy) is 1. The minimum atomic E-state index is -0.427. The fourth-order valence-electron chi connectivity index (χ4n) is 1.83. The van der Waals surface area contributed by atoms with Crippen LogP contribution in [-0.2, 0) is 13.2 Å². The maximum Gasteiger partial charge on any atom is 0.165 e. The molecule has 0 saturated heterocycles. The molecule has 0 saturated carbocycles. The third kappa shape index (κ3) is 4.41. The van der Waals surface area contributed by atoms with Gasteiger partial charge in [-0.3, -0.25) is 0 Å². The minimum absolute atomic E-state index is 0.0859. The van der Waals surface area contributed by atoms with Crippen molar-refractivity contribution in [1.82, 2.24) is 5.32 Å². The van der Waals surface area contributed by atoms with Gasteiger partial charge in [0, 0.05) is 12.1 Å². The third-order valence-corrected chi connectivity index (χ3v) is 3.33. The zero-order chi connectivity index (χ0) is 15.2. The van der Waals surface area contributed by atoms with Crippen LogP contribution < -0.4 is 10.1 Å². The molecule has 0 radical (unpaired) electrons. The molecule has 0 bridgehead atoms. The molecule has 0 heterocycles. The fraction of sp³-hybridized carbons (Fsp3) is 0.250. The second kappa shape index (κ2) is 7.38. The van der Waals surface area contributed by atoms with E-state index in [1.165, 1.54) is 24.3 Å². The maximum atomic E-state index is 13.9. The predicted octanol–water partition coefficient (Wildman–Crippen LogP) is 4.31. The van der Waals surface area contributed by atoms with Crippen LogP contribution in [0.2, 0.25) is 5.02 Å². The van der Waals surface area contributed by atoms with E-state index in [0.29, 0.717) is 12.1 Å². The molecule has 2 rings (SSSR count). The standard InChI is InChI=1S/C16H16ClF2NO/c1-2-20-9-11-3-6-16(15(19)7-11)21-10-12-4-5-13(18)8-14(12)17/h3-8,20H,2,9-10H2,1H3. The van der Waals surface area contributed by atoms with Crippen molar-refractivity contribution in [1.29, 1.82) is 0 Å². The van der Waals surface area contributed by atoms with Gasteiger partial charge in [0.2, 0.25) is 0 Å². The zero-order valence-electron chi connectivity index (χ0n) is 11.6. The molecule has 0 spiro atoms. The summed E-state index contributed by atoms with van der Waals surface area (Å²) in [5.41, 5.74) is 1.45. The molecule has 0 aliphatic heterocycles. The molecule has 0 unspecified atom stereocenters. The van der Waals surface area contributed by atoms with E-state index in [0.717, 1.165) is 12.1 Å². The second-order valence-electron chi connectivity index (χ2n) is 4.57. The third-order valence-electron chi connectivity index (χ3n) is 2.97. The van der Waals surface area contributed by atoms with Gasteiger partial charge in [-0.2, -0.15) is 0 Å². The van der Waals surface area contributed by atoms with Crippen molar-refractivity contribution < 1.29 is 13.5 Å². The van der Waals surface area contributed by atoms with Crippen LogP contribution in [0.4, 0.5) is 8.78 Å². The summed E-state index contributed by atoms with van der Waals surface area (Å²) in [5.74, 6) is -0.693. The number of halogens is 3. The van der Waals surface area contributed by atoms with Crippen molar-refractivity contribution in [3.8, 4) is 5.75 Å². The highest BCUT2D eigenvalue weighted by atomic mass is 35.5. The van der Waals surface area contributed by atoms with Gasteiger partial charge in [-0.25, -0.2) is 8.78 Å². The largest absolute Gasteiger partial charge is 0.486 e. The number of nitrogens with one attached hydrogen (secondary N) is 1. The molecule has 0 aliphatic carbocycles. The van der Waals surface area contributed by atoms with E-state index >= 15 is 0 Å². The monoisotopic (exact) mass is 311 g/mol. The van der Waals surface area contributed by atoms with E-state index in [1.54, 1.807) is 12.1 Å². The van der Waals surface area contributed by atoms with Crippen molar-refractivity contribution in [2.45, 2.75) is 20.1 Å². The summed E-state index contributed by atoms with van der Waals surface area (Å²) >= 11 is 5.90. The highest BCUT2D eigenvalue weighted by Crippen LogP contribution is 2.22. The van der Waals surface area contributed by atoms with Crippen LogP contribution in [0.15, 0.2) is 36.4 Å². The quantitative estimate of drug-likeness (QED) is 0.858. The Bertz CT molecular complexity index is 619. The Balaban J connectivity index is 2.02. The smallest absolute Gasteiger partial charge is 0.165 e. The molecule has 0 aromatic heterocycles. The molecule has 21 heavy (non-hydrogen) atoms. The Kier molecular flexibility index (Phi) is 5.53. The van der Waals surface area contributed by atoms with Gasteiger partial charge in [-0.05, 0) is 36.4 Å². The summed E-state index contributed by atoms with van der Waals surface area (Å²) in [7, 11) is 0. The van der Waals surface area contributed by atoms with Crippen LogP contribution in [0.1, 0.15) is 18.1 Å². The van der Waals surface area contributed by atoms with E-state index in [9.17, 15) is 8.78 Å². The Hall–Kier alpha value is -1.65. The summed E-state index contributed by atoms with van der Waals surface area (Å²) in [4.78, 5) is 0. The Morgan fingerprint density at radius 1 is 1.14 bits per heavy atom. The van der Waals surface area contributed by atoms with Gasteiger partial charge in [0.25, 0.3) is 0 Å². The highest BCUT2D eigenvalue weighted by molar-refractivity contribution is 6.31. The summed E-state index contributed by atoms with van der Waals surface area (Å²) < 4.78 is 32.2. The molecule has 112 valence electrons. The van der Waals surface area contributed by atoms with Crippen LogP contribution in [-0.4, -0.2) is 6.54 Å². The van der Waals surface area contributed by atoms with Gasteiger partial charge in [-0.1, -0.05) is 30.7 Å². The van der Waals surface area contributed by atoms with Crippen LogP contribution in [0.25, 0.3) is 0 Å². The number of rotatable bonds is 6. The summed E-state index contributed by atoms with van der Waals surface area (Å²) in [6.07, 6.45) is 0. The molecule has 1 N–H and O–H groups in total. The SMILES string of the molecule is CCNCc1ccc(OCc2ccc(F)cc2Cl)c(F)c1. The van der Waals surface area contributed by atoms with Crippen LogP contribution in [0, 0.1) is 11.6 Å². The molecule has 0 aliphatic rings. The normalized spacial score (nSPS) is 10.7. The lowest BCUT2D eigenvalue weighted by atomic mass is 10.2. The summed E-state index contributed by atoms with van der Waals surface area (Å²) in [6.45, 7) is 3.50. The van der Waals surface area contributed by atoms with E-state index in [-0.39, 0.29) is 17.4 Å². The topological polar surface area (TPSA) is 21.3 Å². The molecular formula is C16H16ClF2NO. The molecule has 5 heteroatoms. The number of hydrogen-bond acceptors (Lipinski definition) is 2. The van der Waals surface area contributed by atoms with Crippen LogP contribution >= 0.6 is 11.6 Å². The van der Waals surface area contributed by atoms with Gasteiger partial charge in [-0.15, -0.1) is 0 Å². The van der Waals surface area contributed by atoms with E-state index in [2.05, 4.69) is 5.32 Å². The first kappa shape index (κ1) is 15.7. The molecule has 2 nitrogen and oxygen atoms in total. The number of hydrogen-bond donors (Lipinski definition) is 1. The summed E-state index contributed by atoms with van der Waals surface area (Å²) in [5, 5.41) is 3.38. The first-order valence-electron chi connectivity index (χ1n) is 6.66. The number of benzene rings is 2. The van der Waals surface area contributed by atoms with Crippen molar-refractivity contribution >= 4 is 11.6 Å². The average Bonchev–Trinajstić information content (AvgIpc) is 2.45. The maximum absolute atomic E-state index is 13.9. The molecule has 2 aromatic rings. The highest BCUT2D eigenvalue weighted by Gasteiger charge is 2.07. The van der Waals surface area contributed by atoms with Gasteiger partial charge in [0.15, 0.2) is 11.6 Å². The van der Waals surface area contributed by atoms with E-state index in [1.807, 2.05) is 6.92 Å². The fourth-order valence-corrected chi connectivity index (χ4v) is 2.06.